The van der Waals surface area contributed by atoms with Gasteiger partial charge in [0.25, 0.3) is 17.2 Å². The van der Waals surface area contributed by atoms with E-state index in [4.69, 9.17) is 0 Å². The highest BCUT2D eigenvalue weighted by molar-refractivity contribution is 6.12. The van der Waals surface area contributed by atoms with E-state index in [-0.39, 0.29) is 17.2 Å². The molecule has 1 aromatic heterocycles. The monoisotopic (exact) mass is 413 g/mol. The van der Waals surface area contributed by atoms with Gasteiger partial charge >= 0.3 is 0 Å². The van der Waals surface area contributed by atoms with Gasteiger partial charge in [-0.05, 0) is 18.4 Å². The highest BCUT2D eigenvalue weighted by Crippen LogP contribution is 2.19. The van der Waals surface area contributed by atoms with Gasteiger partial charge in [-0.15, -0.1) is 0 Å². The summed E-state index contributed by atoms with van der Waals surface area (Å²) in [6.07, 6.45) is 5.31. The predicted molar refractivity (Wildman–Crippen MR) is 113 cm³/mol. The molecule has 0 aliphatic carbocycles. The van der Waals surface area contributed by atoms with Crippen molar-refractivity contribution in [3.8, 4) is 0 Å². The van der Waals surface area contributed by atoms with E-state index in [0.717, 1.165) is 36.3 Å². The zero-order valence-corrected chi connectivity index (χ0v) is 17.2. The minimum Gasteiger partial charge on any atom is -0.354 e. The number of nitrogens with zero attached hydrogens (tertiary/aromatic N) is 2. The molecule has 2 atom stereocenters. The molecule has 0 unspecified atom stereocenters. The molecular formula is C22H27N3O5. The first-order chi connectivity index (χ1) is 14.4. The third-order valence-electron chi connectivity index (χ3n) is 5.08. The van der Waals surface area contributed by atoms with Gasteiger partial charge in [0.1, 0.15) is 0 Å². The number of aromatic nitrogens is 1. The van der Waals surface area contributed by atoms with Crippen LogP contribution < -0.4 is 10.9 Å². The van der Waals surface area contributed by atoms with E-state index in [9.17, 15) is 24.5 Å². The van der Waals surface area contributed by atoms with E-state index in [2.05, 4.69) is 12.2 Å². The fraction of sp³-hybridized carbons (Fsp3) is 0.409. The van der Waals surface area contributed by atoms with E-state index in [0.29, 0.717) is 6.54 Å². The molecule has 0 radical (unpaired) electrons. The van der Waals surface area contributed by atoms with Crippen molar-refractivity contribution >= 4 is 17.4 Å². The van der Waals surface area contributed by atoms with Crippen LogP contribution in [0, 0.1) is 16.0 Å². The molecule has 2 aromatic rings. The summed E-state index contributed by atoms with van der Waals surface area (Å²) in [5.74, 6) is -1.00. The van der Waals surface area contributed by atoms with Crippen molar-refractivity contribution in [2.75, 3.05) is 6.54 Å². The Hall–Kier alpha value is -3.29. The minimum absolute atomic E-state index is 0.00173. The van der Waals surface area contributed by atoms with Crippen molar-refractivity contribution in [1.29, 1.82) is 0 Å². The standard InChI is InChI=1S/C22H27N3O5/c1-3-5-9-16(4-2)15-23-22(28)20(24-13-7-6-12-19(24)26)21(27)17-10-8-11-18(14-17)25(29)30/h6-8,10-14,16,20H,3-5,9,15H2,1-2H3,(H,23,28)/t16-,20+/m1/s1. The Labute approximate surface area is 175 Å². The van der Waals surface area contributed by atoms with Gasteiger partial charge in [0, 0.05) is 36.5 Å². The molecule has 2 rings (SSSR count). The van der Waals surface area contributed by atoms with Gasteiger partial charge < -0.3 is 5.32 Å². The smallest absolute Gasteiger partial charge is 0.270 e. The largest absolute Gasteiger partial charge is 0.354 e. The maximum absolute atomic E-state index is 13.2. The molecule has 0 bridgehead atoms. The first-order valence-electron chi connectivity index (χ1n) is 10.1. The average Bonchev–Trinajstić information content (AvgIpc) is 2.75. The molecular weight excluding hydrogens is 386 g/mol. The Balaban J connectivity index is 2.34. The van der Waals surface area contributed by atoms with Gasteiger partial charge in [-0.1, -0.05) is 51.3 Å². The molecule has 1 heterocycles. The predicted octanol–water partition coefficient (Wildman–Crippen LogP) is 3.51. The third kappa shape index (κ3) is 5.85. The number of ketones is 1. The van der Waals surface area contributed by atoms with E-state index >= 15 is 0 Å². The molecule has 1 amide bonds. The fourth-order valence-corrected chi connectivity index (χ4v) is 3.24. The molecule has 0 aliphatic heterocycles. The molecule has 8 heteroatoms. The van der Waals surface area contributed by atoms with E-state index in [1.54, 1.807) is 6.07 Å². The van der Waals surface area contributed by atoms with E-state index in [1.165, 1.54) is 36.5 Å². The molecule has 160 valence electrons. The first kappa shape index (κ1) is 23.0. The lowest BCUT2D eigenvalue weighted by Gasteiger charge is -2.21. The van der Waals surface area contributed by atoms with Crippen molar-refractivity contribution in [2.24, 2.45) is 5.92 Å². The molecule has 0 spiro atoms. The summed E-state index contributed by atoms with van der Waals surface area (Å²) in [7, 11) is 0. The summed E-state index contributed by atoms with van der Waals surface area (Å²) < 4.78 is 1.06. The number of Topliss-reactive ketones (excluding diaryl/α,β-unsaturated/α-hetero) is 1. The second-order valence-electron chi connectivity index (χ2n) is 7.18. The summed E-state index contributed by atoms with van der Waals surface area (Å²) in [5.41, 5.74) is -0.765. The van der Waals surface area contributed by atoms with Crippen LogP contribution in [0.25, 0.3) is 0 Å². The van der Waals surface area contributed by atoms with Gasteiger partial charge in [0.15, 0.2) is 11.8 Å². The van der Waals surface area contributed by atoms with Crippen LogP contribution in [0.3, 0.4) is 0 Å². The number of pyridine rings is 1. The lowest BCUT2D eigenvalue weighted by molar-refractivity contribution is -0.384. The Kier molecular flexibility index (Phi) is 8.46. The highest BCUT2D eigenvalue weighted by atomic mass is 16.6. The Morgan fingerprint density at radius 3 is 2.57 bits per heavy atom. The number of amides is 1. The quantitative estimate of drug-likeness (QED) is 0.262. The SMILES string of the molecule is CCCC[C@@H](CC)CNC(=O)[C@H](C(=O)c1cccc([N+](=O)[O-])c1)n1ccccc1=O. The number of nitrogens with one attached hydrogen (secondary N) is 1. The van der Waals surface area contributed by atoms with Gasteiger partial charge in [-0.25, -0.2) is 0 Å². The van der Waals surface area contributed by atoms with Gasteiger partial charge in [-0.3, -0.25) is 29.1 Å². The maximum atomic E-state index is 13.2. The van der Waals surface area contributed by atoms with Crippen LogP contribution in [0.2, 0.25) is 0 Å². The highest BCUT2D eigenvalue weighted by Gasteiger charge is 2.31. The number of unbranched alkanes of at least 4 members (excludes halogenated alkanes) is 1. The second-order valence-corrected chi connectivity index (χ2v) is 7.18. The van der Waals surface area contributed by atoms with Crippen molar-refractivity contribution in [2.45, 2.75) is 45.6 Å². The topological polar surface area (TPSA) is 111 Å². The second kappa shape index (κ2) is 11.0. The van der Waals surface area contributed by atoms with Crippen LogP contribution in [0.5, 0.6) is 0 Å². The zero-order valence-electron chi connectivity index (χ0n) is 17.2. The molecule has 0 saturated heterocycles. The van der Waals surface area contributed by atoms with Crippen LogP contribution in [-0.2, 0) is 4.79 Å². The number of benzene rings is 1. The molecule has 30 heavy (non-hydrogen) atoms. The van der Waals surface area contributed by atoms with E-state index < -0.39 is 28.2 Å². The van der Waals surface area contributed by atoms with E-state index in [1.807, 2.05) is 6.92 Å². The van der Waals surface area contributed by atoms with Gasteiger partial charge in [0.2, 0.25) is 0 Å². The third-order valence-corrected chi connectivity index (χ3v) is 5.08. The van der Waals surface area contributed by atoms with Crippen LogP contribution in [0.1, 0.15) is 55.9 Å². The number of hydrogen-bond donors (Lipinski definition) is 1. The number of rotatable bonds is 11. The zero-order chi connectivity index (χ0) is 22.1. The molecule has 0 fully saturated rings. The number of hydrogen-bond acceptors (Lipinski definition) is 5. The lowest BCUT2D eigenvalue weighted by atomic mass is 9.98. The average molecular weight is 413 g/mol. The number of nitro groups is 1. The van der Waals surface area contributed by atoms with Gasteiger partial charge in [-0.2, -0.15) is 0 Å². The van der Waals surface area contributed by atoms with Crippen LogP contribution >= 0.6 is 0 Å². The number of carbonyl (C=O) groups excluding carboxylic acids is 2. The Morgan fingerprint density at radius 1 is 1.17 bits per heavy atom. The number of carbonyl (C=O) groups is 2. The number of nitro benzene ring substituents is 1. The van der Waals surface area contributed by atoms with Crippen LogP contribution in [-0.4, -0.2) is 27.7 Å². The lowest BCUT2D eigenvalue weighted by Crippen LogP contribution is -2.42. The number of non-ortho nitro benzene ring substituents is 1. The summed E-state index contributed by atoms with van der Waals surface area (Å²) in [6, 6.07) is 8.06. The normalized spacial score (nSPS) is 12.7. The van der Waals surface area contributed by atoms with Crippen LogP contribution in [0.4, 0.5) is 5.69 Å². The Morgan fingerprint density at radius 2 is 1.93 bits per heavy atom. The summed E-state index contributed by atoms with van der Waals surface area (Å²) in [6.45, 7) is 4.54. The summed E-state index contributed by atoms with van der Waals surface area (Å²) in [4.78, 5) is 48.9. The molecule has 1 aromatic carbocycles. The maximum Gasteiger partial charge on any atom is 0.270 e. The van der Waals surface area contributed by atoms with Crippen molar-refractivity contribution in [3.05, 3.63) is 74.7 Å². The molecule has 0 saturated carbocycles. The molecule has 0 aliphatic rings. The first-order valence-corrected chi connectivity index (χ1v) is 10.1. The summed E-state index contributed by atoms with van der Waals surface area (Å²) in [5, 5.41) is 13.9. The fourth-order valence-electron chi connectivity index (χ4n) is 3.24. The van der Waals surface area contributed by atoms with Crippen LogP contribution in [0.15, 0.2) is 53.5 Å². The minimum atomic E-state index is -1.44. The Bertz CT molecular complexity index is 954. The molecule has 1 N–H and O–H groups in total. The van der Waals surface area contributed by atoms with Crippen molar-refractivity contribution in [3.63, 3.8) is 0 Å². The molecule has 8 nitrogen and oxygen atoms in total. The van der Waals surface area contributed by atoms with Crippen molar-refractivity contribution in [1.82, 2.24) is 9.88 Å². The van der Waals surface area contributed by atoms with Gasteiger partial charge in [0.05, 0.1) is 4.92 Å². The summed E-state index contributed by atoms with van der Waals surface area (Å²) >= 11 is 0. The van der Waals surface area contributed by atoms with Crippen molar-refractivity contribution < 1.29 is 14.5 Å².